The molecule has 1 unspecified atom stereocenters. The minimum atomic E-state index is -1.19. The molecule has 0 saturated carbocycles. The third-order valence-electron chi connectivity index (χ3n) is 3.60. The Morgan fingerprint density at radius 2 is 2.14 bits per heavy atom. The molecule has 22 heavy (non-hydrogen) atoms. The Morgan fingerprint density at radius 3 is 2.77 bits per heavy atom. The van der Waals surface area contributed by atoms with Gasteiger partial charge in [-0.3, -0.25) is 14.7 Å². The van der Waals surface area contributed by atoms with E-state index < -0.39 is 12.0 Å². The van der Waals surface area contributed by atoms with Crippen molar-refractivity contribution in [2.45, 2.75) is 11.4 Å². The number of benzene rings is 1. The van der Waals surface area contributed by atoms with Crippen molar-refractivity contribution >= 4 is 29.9 Å². The van der Waals surface area contributed by atoms with Crippen molar-refractivity contribution in [3.8, 4) is 0 Å². The summed E-state index contributed by atoms with van der Waals surface area (Å²) >= 11 is 1.42. The lowest BCUT2D eigenvalue weighted by molar-refractivity contribution is -0.147. The maximum Gasteiger partial charge on any atom is 0.352 e. The number of carboxylic acid groups (broad SMARTS) is 1. The number of carbonyl (C=O) groups is 2. The van der Waals surface area contributed by atoms with Crippen molar-refractivity contribution in [2.24, 2.45) is 4.99 Å². The molecule has 1 aromatic carbocycles. The zero-order valence-electron chi connectivity index (χ0n) is 11.5. The molecule has 0 aromatic heterocycles. The van der Waals surface area contributed by atoms with Crippen LogP contribution in [0.2, 0.25) is 0 Å². The van der Waals surface area contributed by atoms with Crippen molar-refractivity contribution in [3.63, 3.8) is 0 Å². The highest BCUT2D eigenvalue weighted by Crippen LogP contribution is 2.41. The van der Waals surface area contributed by atoms with Gasteiger partial charge in [-0.25, -0.2) is 4.79 Å². The highest BCUT2D eigenvalue weighted by Gasteiger charge is 2.53. The van der Waals surface area contributed by atoms with Crippen LogP contribution < -0.4 is 0 Å². The van der Waals surface area contributed by atoms with Gasteiger partial charge < -0.3 is 10.2 Å². The third-order valence-corrected chi connectivity index (χ3v) is 4.92. The van der Waals surface area contributed by atoms with Crippen molar-refractivity contribution in [1.29, 1.82) is 0 Å². The number of fused-ring (bicyclic) bond motifs is 1. The van der Waals surface area contributed by atoms with Crippen LogP contribution in [0.15, 0.2) is 46.6 Å². The topological polar surface area (TPSA) is 90.2 Å². The number of aliphatic imine (C=N–C) groups is 1. The predicted octanol–water partition coefficient (Wildman–Crippen LogP) is 0.720. The van der Waals surface area contributed by atoms with Gasteiger partial charge in [0.25, 0.3) is 5.91 Å². The molecule has 1 amide bonds. The van der Waals surface area contributed by atoms with E-state index in [0.29, 0.717) is 11.3 Å². The fourth-order valence-corrected chi connectivity index (χ4v) is 3.82. The molecule has 1 saturated heterocycles. The molecule has 2 atom stereocenters. The summed E-state index contributed by atoms with van der Waals surface area (Å²) in [5.74, 6) is -1.13. The molecule has 6 nitrogen and oxygen atoms in total. The van der Waals surface area contributed by atoms with E-state index in [0.717, 1.165) is 5.56 Å². The highest BCUT2D eigenvalue weighted by atomic mass is 32.2. The van der Waals surface area contributed by atoms with Gasteiger partial charge in [-0.05, 0) is 11.1 Å². The molecule has 2 aliphatic rings. The van der Waals surface area contributed by atoms with E-state index in [1.807, 2.05) is 30.3 Å². The summed E-state index contributed by atoms with van der Waals surface area (Å²) in [6.07, 6.45) is 1.63. The quantitative estimate of drug-likeness (QED) is 0.631. The van der Waals surface area contributed by atoms with E-state index in [9.17, 15) is 19.8 Å². The fourth-order valence-electron chi connectivity index (χ4n) is 2.49. The van der Waals surface area contributed by atoms with Gasteiger partial charge in [-0.15, -0.1) is 11.8 Å². The first kappa shape index (κ1) is 14.8. The highest BCUT2D eigenvalue weighted by molar-refractivity contribution is 8.00. The lowest BCUT2D eigenvalue weighted by Gasteiger charge is -2.47. The molecular formula is C15H14N2O4S. The van der Waals surface area contributed by atoms with Crippen molar-refractivity contribution in [1.82, 2.24) is 4.90 Å². The van der Waals surface area contributed by atoms with Gasteiger partial charge >= 0.3 is 5.97 Å². The van der Waals surface area contributed by atoms with Crippen LogP contribution in [0.3, 0.4) is 0 Å². The second-order valence-corrected chi connectivity index (χ2v) is 6.06. The number of aliphatic carboxylic acids is 1. The molecule has 114 valence electrons. The smallest absolute Gasteiger partial charge is 0.352 e. The van der Waals surface area contributed by atoms with E-state index in [1.165, 1.54) is 16.7 Å². The van der Waals surface area contributed by atoms with E-state index in [4.69, 9.17) is 0 Å². The maximum atomic E-state index is 12.2. The molecule has 2 aliphatic heterocycles. The van der Waals surface area contributed by atoms with Gasteiger partial charge in [0.2, 0.25) is 0 Å². The van der Waals surface area contributed by atoms with Gasteiger partial charge in [-0.2, -0.15) is 0 Å². The number of rotatable bonds is 4. The van der Waals surface area contributed by atoms with Crippen LogP contribution in [-0.4, -0.2) is 57.0 Å². The Labute approximate surface area is 131 Å². The minimum Gasteiger partial charge on any atom is -0.477 e. The number of β-lactam (4-membered cyclic amide) rings is 1. The number of amides is 1. The average Bonchev–Trinajstić information content (AvgIpc) is 2.54. The molecule has 7 heteroatoms. The van der Waals surface area contributed by atoms with Crippen LogP contribution >= 0.6 is 11.8 Å². The monoisotopic (exact) mass is 318 g/mol. The first-order valence-electron chi connectivity index (χ1n) is 6.72. The van der Waals surface area contributed by atoms with Crippen LogP contribution in [0, 0.1) is 0 Å². The summed E-state index contributed by atoms with van der Waals surface area (Å²) in [5.41, 5.74) is 1.16. The molecule has 1 fully saturated rings. The molecule has 0 aliphatic carbocycles. The van der Waals surface area contributed by atoms with Gasteiger partial charge in [0.15, 0.2) is 6.04 Å². The summed E-state index contributed by atoms with van der Waals surface area (Å²) < 4.78 is 0. The van der Waals surface area contributed by atoms with E-state index >= 15 is 0 Å². The number of aliphatic hydroxyl groups excluding tert-OH is 1. The summed E-state index contributed by atoms with van der Waals surface area (Å²) in [6.45, 7) is -0.358. The van der Waals surface area contributed by atoms with Crippen molar-refractivity contribution in [3.05, 3.63) is 47.2 Å². The SMILES string of the molecule is O=C(O)C1=C(CO)CS[C@@H]2C(N=Cc3ccccc3)C(=O)N12. The lowest BCUT2D eigenvalue weighted by atomic mass is 10.0. The molecule has 2 N–H and O–H groups in total. The Balaban J connectivity index is 1.81. The molecule has 0 spiro atoms. The molecular weight excluding hydrogens is 304 g/mol. The standard InChI is InChI=1S/C15H14N2O4S/c18-7-10-8-22-14-11(13(19)17(14)12(10)15(20)21)16-6-9-4-2-1-3-5-9/h1-6,11,14,18H,7-8H2,(H,20,21)/t11?,14-/m1/s1. The Hall–Kier alpha value is -2.12. The van der Waals surface area contributed by atoms with Gasteiger partial charge in [0.1, 0.15) is 11.1 Å². The third kappa shape index (κ3) is 2.42. The average molecular weight is 318 g/mol. The summed E-state index contributed by atoms with van der Waals surface area (Å²) in [5, 5.41) is 18.2. The van der Waals surface area contributed by atoms with Crippen molar-refractivity contribution < 1.29 is 19.8 Å². The lowest BCUT2D eigenvalue weighted by Crippen LogP contribution is -2.64. The van der Waals surface area contributed by atoms with Gasteiger partial charge in [-0.1, -0.05) is 30.3 Å². The van der Waals surface area contributed by atoms with E-state index in [2.05, 4.69) is 4.99 Å². The van der Waals surface area contributed by atoms with Crippen LogP contribution in [-0.2, 0) is 9.59 Å². The van der Waals surface area contributed by atoms with Crippen molar-refractivity contribution in [2.75, 3.05) is 12.4 Å². The normalized spacial score (nSPS) is 24.4. The predicted molar refractivity (Wildman–Crippen MR) is 82.7 cm³/mol. The van der Waals surface area contributed by atoms with E-state index in [-0.39, 0.29) is 23.6 Å². The molecule has 2 heterocycles. The second-order valence-electron chi connectivity index (χ2n) is 4.96. The fraction of sp³-hybridized carbons (Fsp3) is 0.267. The number of nitrogens with zero attached hydrogens (tertiary/aromatic N) is 2. The number of hydrogen-bond acceptors (Lipinski definition) is 5. The second kappa shape index (κ2) is 5.94. The zero-order valence-corrected chi connectivity index (χ0v) is 12.4. The van der Waals surface area contributed by atoms with Crippen LogP contribution in [0.25, 0.3) is 0 Å². The molecule has 0 radical (unpaired) electrons. The molecule has 1 aromatic rings. The van der Waals surface area contributed by atoms with Crippen LogP contribution in [0.5, 0.6) is 0 Å². The maximum absolute atomic E-state index is 12.2. The summed E-state index contributed by atoms with van der Waals surface area (Å²) in [4.78, 5) is 29.1. The molecule has 0 bridgehead atoms. The summed E-state index contributed by atoms with van der Waals surface area (Å²) in [7, 11) is 0. The first-order valence-corrected chi connectivity index (χ1v) is 7.77. The first-order chi connectivity index (χ1) is 10.6. The summed E-state index contributed by atoms with van der Waals surface area (Å²) in [6, 6.07) is 8.84. The van der Waals surface area contributed by atoms with Gasteiger partial charge in [0, 0.05) is 12.0 Å². The van der Waals surface area contributed by atoms with Crippen LogP contribution in [0.4, 0.5) is 0 Å². The number of carboxylic acids is 1. The number of hydrogen-bond donors (Lipinski definition) is 2. The Kier molecular flexibility index (Phi) is 4.00. The van der Waals surface area contributed by atoms with Crippen LogP contribution in [0.1, 0.15) is 5.56 Å². The minimum absolute atomic E-state index is 0.0950. The number of thioether (sulfide) groups is 1. The Bertz CT molecular complexity index is 671. The number of aliphatic hydroxyl groups is 1. The van der Waals surface area contributed by atoms with E-state index in [1.54, 1.807) is 6.21 Å². The number of carbonyl (C=O) groups excluding carboxylic acids is 1. The largest absolute Gasteiger partial charge is 0.477 e. The molecule has 3 rings (SSSR count). The van der Waals surface area contributed by atoms with Gasteiger partial charge in [0.05, 0.1) is 6.61 Å². The Morgan fingerprint density at radius 1 is 1.41 bits per heavy atom. The zero-order chi connectivity index (χ0) is 15.7.